The Morgan fingerprint density at radius 3 is 2.67 bits per heavy atom. The second-order valence-corrected chi connectivity index (χ2v) is 4.68. The number of carbonyl (C=O) groups is 1. The summed E-state index contributed by atoms with van der Waals surface area (Å²) in [6.45, 7) is 7.70. The van der Waals surface area contributed by atoms with Crippen molar-refractivity contribution in [3.63, 3.8) is 0 Å². The van der Waals surface area contributed by atoms with Crippen LogP contribution in [0.15, 0.2) is 24.5 Å². The van der Waals surface area contributed by atoms with E-state index in [4.69, 9.17) is 0 Å². The number of hydrogen-bond donors (Lipinski definition) is 1. The van der Waals surface area contributed by atoms with Gasteiger partial charge in [0.25, 0.3) is 0 Å². The van der Waals surface area contributed by atoms with E-state index in [0.717, 1.165) is 30.0 Å². The fourth-order valence-corrected chi connectivity index (χ4v) is 2.16. The monoisotopic (exact) mass is 288 g/mol. The molecule has 7 heteroatoms. The molecule has 0 atom stereocenters. The maximum absolute atomic E-state index is 12.0. The highest BCUT2D eigenvalue weighted by Gasteiger charge is 2.09. The predicted octanol–water partition coefficient (Wildman–Crippen LogP) is 1.25. The maximum atomic E-state index is 12.0. The van der Waals surface area contributed by atoms with Crippen molar-refractivity contribution in [1.29, 1.82) is 0 Å². The number of benzene rings is 1. The van der Waals surface area contributed by atoms with Crippen LogP contribution in [0.3, 0.4) is 0 Å². The highest BCUT2D eigenvalue weighted by Crippen LogP contribution is 2.17. The van der Waals surface area contributed by atoms with Gasteiger partial charge in [0.15, 0.2) is 0 Å². The van der Waals surface area contributed by atoms with Crippen molar-refractivity contribution in [2.24, 2.45) is 0 Å². The number of carbonyl (C=O) groups excluding carboxylic acids is 1. The average molecular weight is 288 g/mol. The standard InChI is InChI=1S/C14H20N6O/c1-4-19(5-2)14(21)9-15-12-6-7-13(11(3)8-12)20-10-16-17-18-20/h6-8,10,15H,4-5,9H2,1-3H3. The Hall–Kier alpha value is -2.44. The van der Waals surface area contributed by atoms with Crippen molar-refractivity contribution in [2.45, 2.75) is 20.8 Å². The number of likely N-dealkylation sites (N-methyl/N-ethyl adjacent to an activating group) is 1. The van der Waals surface area contributed by atoms with Crippen LogP contribution in [0.5, 0.6) is 0 Å². The third-order valence-electron chi connectivity index (χ3n) is 3.35. The van der Waals surface area contributed by atoms with Crippen LogP contribution < -0.4 is 5.32 Å². The minimum atomic E-state index is 0.0993. The lowest BCUT2D eigenvalue weighted by atomic mass is 10.2. The molecule has 1 heterocycles. The van der Waals surface area contributed by atoms with Crippen LogP contribution >= 0.6 is 0 Å². The Morgan fingerprint density at radius 2 is 2.10 bits per heavy atom. The number of nitrogens with one attached hydrogen (secondary N) is 1. The normalized spacial score (nSPS) is 10.4. The smallest absolute Gasteiger partial charge is 0.241 e. The van der Waals surface area contributed by atoms with E-state index in [0.29, 0.717) is 6.54 Å². The Kier molecular flexibility index (Phi) is 4.86. The number of aryl methyl sites for hydroxylation is 1. The van der Waals surface area contributed by atoms with Gasteiger partial charge >= 0.3 is 0 Å². The van der Waals surface area contributed by atoms with Gasteiger partial charge in [0.1, 0.15) is 6.33 Å². The first-order valence-electron chi connectivity index (χ1n) is 7.01. The van der Waals surface area contributed by atoms with E-state index >= 15 is 0 Å². The molecule has 1 aromatic carbocycles. The summed E-state index contributed by atoms with van der Waals surface area (Å²) < 4.78 is 1.61. The molecule has 7 nitrogen and oxygen atoms in total. The fourth-order valence-electron chi connectivity index (χ4n) is 2.16. The summed E-state index contributed by atoms with van der Waals surface area (Å²) in [6, 6.07) is 5.82. The van der Waals surface area contributed by atoms with Crippen molar-refractivity contribution in [3.8, 4) is 5.69 Å². The van der Waals surface area contributed by atoms with Crippen molar-refractivity contribution in [2.75, 3.05) is 25.0 Å². The zero-order valence-electron chi connectivity index (χ0n) is 12.6. The fraction of sp³-hybridized carbons (Fsp3) is 0.429. The largest absolute Gasteiger partial charge is 0.376 e. The quantitative estimate of drug-likeness (QED) is 0.865. The lowest BCUT2D eigenvalue weighted by Gasteiger charge is -2.19. The molecule has 0 saturated heterocycles. The number of aromatic nitrogens is 4. The minimum absolute atomic E-state index is 0.0993. The van der Waals surface area contributed by atoms with Crippen LogP contribution in [0.25, 0.3) is 5.69 Å². The molecular weight excluding hydrogens is 268 g/mol. The summed E-state index contributed by atoms with van der Waals surface area (Å²) in [7, 11) is 0. The molecule has 0 aliphatic rings. The molecule has 2 aromatic rings. The molecule has 0 radical (unpaired) electrons. The number of anilines is 1. The van der Waals surface area contributed by atoms with E-state index < -0.39 is 0 Å². The van der Waals surface area contributed by atoms with Crippen LogP contribution in [0.4, 0.5) is 5.69 Å². The van der Waals surface area contributed by atoms with Gasteiger partial charge in [0.2, 0.25) is 5.91 Å². The van der Waals surface area contributed by atoms with Gasteiger partial charge in [-0.3, -0.25) is 4.79 Å². The van der Waals surface area contributed by atoms with E-state index in [2.05, 4.69) is 20.8 Å². The minimum Gasteiger partial charge on any atom is -0.376 e. The van der Waals surface area contributed by atoms with E-state index in [9.17, 15) is 4.79 Å². The topological polar surface area (TPSA) is 75.9 Å². The van der Waals surface area contributed by atoms with Crippen LogP contribution in [0, 0.1) is 6.92 Å². The molecule has 0 aliphatic heterocycles. The molecule has 0 aliphatic carbocycles. The van der Waals surface area contributed by atoms with E-state index in [1.807, 2.05) is 39.0 Å². The number of nitrogens with zero attached hydrogens (tertiary/aromatic N) is 5. The molecule has 0 saturated carbocycles. The summed E-state index contributed by atoms with van der Waals surface area (Å²) in [5.41, 5.74) is 2.85. The van der Waals surface area contributed by atoms with E-state index in [-0.39, 0.29) is 5.91 Å². The molecule has 21 heavy (non-hydrogen) atoms. The van der Waals surface area contributed by atoms with Gasteiger partial charge in [-0.25, -0.2) is 4.68 Å². The van der Waals surface area contributed by atoms with Crippen molar-refractivity contribution < 1.29 is 4.79 Å². The lowest BCUT2D eigenvalue weighted by molar-refractivity contribution is -0.128. The summed E-state index contributed by atoms with van der Waals surface area (Å²) in [5.74, 6) is 0.0993. The molecule has 0 unspecified atom stereocenters. The zero-order valence-corrected chi connectivity index (χ0v) is 12.6. The highest BCUT2D eigenvalue weighted by atomic mass is 16.2. The Labute approximate surface area is 123 Å². The van der Waals surface area contributed by atoms with Gasteiger partial charge in [-0.2, -0.15) is 0 Å². The van der Waals surface area contributed by atoms with E-state index in [1.165, 1.54) is 0 Å². The first kappa shape index (κ1) is 15.0. The first-order valence-corrected chi connectivity index (χ1v) is 7.01. The van der Waals surface area contributed by atoms with Gasteiger partial charge in [-0.1, -0.05) is 0 Å². The van der Waals surface area contributed by atoms with Gasteiger partial charge in [-0.15, -0.1) is 5.10 Å². The second kappa shape index (κ2) is 6.83. The van der Waals surface area contributed by atoms with Crippen molar-refractivity contribution >= 4 is 11.6 Å². The van der Waals surface area contributed by atoms with Crippen LogP contribution in [-0.2, 0) is 4.79 Å². The SMILES string of the molecule is CCN(CC)C(=O)CNc1ccc(-n2cnnn2)c(C)c1. The second-order valence-electron chi connectivity index (χ2n) is 4.68. The molecule has 2 rings (SSSR count). The third kappa shape index (κ3) is 3.56. The molecule has 0 fully saturated rings. The molecule has 1 N–H and O–H groups in total. The van der Waals surface area contributed by atoms with E-state index in [1.54, 1.807) is 15.9 Å². The van der Waals surface area contributed by atoms with Gasteiger partial charge in [0.05, 0.1) is 12.2 Å². The summed E-state index contributed by atoms with van der Waals surface area (Å²) in [4.78, 5) is 13.8. The molecular formula is C14H20N6O. The number of amides is 1. The molecule has 1 amide bonds. The van der Waals surface area contributed by atoms with Gasteiger partial charge < -0.3 is 10.2 Å². The number of rotatable bonds is 6. The predicted molar refractivity (Wildman–Crippen MR) is 80.3 cm³/mol. The summed E-state index contributed by atoms with van der Waals surface area (Å²) in [6.07, 6.45) is 1.55. The average Bonchev–Trinajstić information content (AvgIpc) is 3.00. The molecule has 0 bridgehead atoms. The Morgan fingerprint density at radius 1 is 1.33 bits per heavy atom. The Balaban J connectivity index is 2.03. The first-order chi connectivity index (χ1) is 10.2. The van der Waals surface area contributed by atoms with Gasteiger partial charge in [-0.05, 0) is 55.0 Å². The van der Waals surface area contributed by atoms with Crippen LogP contribution in [0.1, 0.15) is 19.4 Å². The zero-order chi connectivity index (χ0) is 15.2. The van der Waals surface area contributed by atoms with Crippen LogP contribution in [-0.4, -0.2) is 50.6 Å². The number of hydrogen-bond acceptors (Lipinski definition) is 5. The summed E-state index contributed by atoms with van der Waals surface area (Å²) >= 11 is 0. The molecule has 112 valence electrons. The number of tetrazole rings is 1. The third-order valence-corrected chi connectivity index (χ3v) is 3.35. The molecule has 1 aromatic heterocycles. The lowest BCUT2D eigenvalue weighted by Crippen LogP contribution is -2.35. The van der Waals surface area contributed by atoms with Crippen molar-refractivity contribution in [1.82, 2.24) is 25.1 Å². The maximum Gasteiger partial charge on any atom is 0.241 e. The van der Waals surface area contributed by atoms with Gasteiger partial charge in [0, 0.05) is 18.8 Å². The Bertz CT molecular complexity index is 592. The van der Waals surface area contributed by atoms with Crippen LogP contribution in [0.2, 0.25) is 0 Å². The highest BCUT2D eigenvalue weighted by molar-refractivity contribution is 5.80. The van der Waals surface area contributed by atoms with Crippen molar-refractivity contribution in [3.05, 3.63) is 30.1 Å². The summed E-state index contributed by atoms with van der Waals surface area (Å²) in [5, 5.41) is 14.3. The molecule has 0 spiro atoms.